The van der Waals surface area contributed by atoms with Crippen LogP contribution in [0.15, 0.2) is 97.2 Å². The summed E-state index contributed by atoms with van der Waals surface area (Å²) in [6.07, 6.45) is 70.5. The third-order valence-electron chi connectivity index (χ3n) is 11.9. The van der Waals surface area contributed by atoms with Gasteiger partial charge in [-0.1, -0.05) is 233 Å². The minimum Gasteiger partial charge on any atom is -0.462 e. The summed E-state index contributed by atoms with van der Waals surface area (Å²) in [5.41, 5.74) is 0. The van der Waals surface area contributed by atoms with Crippen molar-refractivity contribution in [3.63, 3.8) is 0 Å². The molecule has 0 saturated heterocycles. The minimum absolute atomic E-state index is 0.0191. The first kappa shape index (κ1) is 67.9. The van der Waals surface area contributed by atoms with Gasteiger partial charge in [0, 0.05) is 12.8 Å². The van der Waals surface area contributed by atoms with Crippen molar-refractivity contribution in [1.82, 2.24) is 0 Å². The Hall–Kier alpha value is -3.07. The molecule has 0 aromatic carbocycles. The number of quaternary nitrogens is 1. The molecule has 0 rings (SSSR count). The van der Waals surface area contributed by atoms with E-state index >= 15 is 0 Å². The number of carbonyl (C=O) groups is 2. The molecule has 0 aliphatic heterocycles. The van der Waals surface area contributed by atoms with E-state index in [1.807, 2.05) is 21.1 Å². The molecule has 9 nitrogen and oxygen atoms in total. The van der Waals surface area contributed by atoms with E-state index in [1.54, 1.807) is 0 Å². The Bertz CT molecular complexity index is 1520. The fourth-order valence-corrected chi connectivity index (χ4v) is 8.24. The monoisotopic (exact) mass is 1010 g/mol. The summed E-state index contributed by atoms with van der Waals surface area (Å²) in [6, 6.07) is 0. The molecule has 1 N–H and O–H groups in total. The number of hydrogen-bond donors (Lipinski definition) is 1. The summed E-state index contributed by atoms with van der Waals surface area (Å²) in [5, 5.41) is 0. The SMILES string of the molecule is CC/C=C\C/C=C\C/C=C\C/C=C\C/C=C\C/C=C\C/C=C\C/C=C\CCCCC(=O)OC(COC(=O)CCCCCCCCCCCCCCCCCCCCCC)COP(=O)(O)OCC[N+](C)(C)C. The number of nitrogens with zero attached hydrogens (tertiary/aromatic N) is 1. The van der Waals surface area contributed by atoms with E-state index in [0.717, 1.165) is 83.5 Å². The zero-order valence-corrected chi connectivity index (χ0v) is 47.1. The number of phosphoric ester groups is 1. The molecule has 0 aromatic heterocycles. The standard InChI is InChI=1S/C61H106NO8P/c1-6-8-10-12-14-16-18-20-22-24-26-28-29-30-31-32-33-34-36-38-40-42-44-46-48-50-52-54-61(64)70-59(58-69-71(65,66)68-56-55-62(3,4)5)57-67-60(63)53-51-49-47-45-43-41-39-37-35-27-25-23-21-19-17-15-13-11-9-7-2/h8,10,14,16,20,22,26,28,30-31,33-34,38,40,44,46,59H,6-7,9,11-13,15,17-19,21,23-25,27,29,32,35-37,39,41-43,45,47-58H2,1-5H3/p+1/b10-8-,16-14-,22-20-,28-26-,31-30-,34-33-,40-38-,46-44-. The summed E-state index contributed by atoms with van der Waals surface area (Å²) in [7, 11) is 1.44. The second kappa shape index (κ2) is 51.8. The average molecular weight is 1010 g/mol. The summed E-state index contributed by atoms with van der Waals surface area (Å²) >= 11 is 0. The van der Waals surface area contributed by atoms with E-state index in [1.165, 1.54) is 109 Å². The molecule has 0 aromatic rings. The second-order valence-electron chi connectivity index (χ2n) is 19.9. The van der Waals surface area contributed by atoms with Crippen LogP contribution in [0.3, 0.4) is 0 Å². The molecule has 71 heavy (non-hydrogen) atoms. The smallest absolute Gasteiger partial charge is 0.462 e. The van der Waals surface area contributed by atoms with E-state index < -0.39 is 26.5 Å². The van der Waals surface area contributed by atoms with Gasteiger partial charge in [-0.15, -0.1) is 0 Å². The number of allylic oxidation sites excluding steroid dienone is 16. The third-order valence-corrected chi connectivity index (χ3v) is 12.9. The second-order valence-corrected chi connectivity index (χ2v) is 21.4. The van der Waals surface area contributed by atoms with Gasteiger partial charge in [0.15, 0.2) is 6.10 Å². The van der Waals surface area contributed by atoms with Crippen LogP contribution in [-0.4, -0.2) is 74.9 Å². The Kier molecular flexibility index (Phi) is 49.6. The summed E-state index contributed by atoms with van der Waals surface area (Å²) in [5.74, 6) is -0.848. The van der Waals surface area contributed by atoms with Crippen molar-refractivity contribution in [2.75, 3.05) is 47.5 Å². The zero-order valence-electron chi connectivity index (χ0n) is 46.2. The Balaban J connectivity index is 4.30. The third kappa shape index (κ3) is 56.1. The Morgan fingerprint density at radius 2 is 0.803 bits per heavy atom. The van der Waals surface area contributed by atoms with Crippen LogP contribution in [0.4, 0.5) is 0 Å². The van der Waals surface area contributed by atoms with Gasteiger partial charge in [0.25, 0.3) is 0 Å². The van der Waals surface area contributed by atoms with Gasteiger partial charge < -0.3 is 18.9 Å². The molecule has 10 heteroatoms. The van der Waals surface area contributed by atoms with Crippen LogP contribution in [0.25, 0.3) is 0 Å². The largest absolute Gasteiger partial charge is 0.472 e. The van der Waals surface area contributed by atoms with Crippen molar-refractivity contribution in [2.24, 2.45) is 0 Å². The molecule has 408 valence electrons. The van der Waals surface area contributed by atoms with Crippen LogP contribution < -0.4 is 0 Å². The maximum Gasteiger partial charge on any atom is 0.472 e. The molecule has 0 heterocycles. The topological polar surface area (TPSA) is 108 Å². The van der Waals surface area contributed by atoms with Crippen molar-refractivity contribution in [3.05, 3.63) is 97.2 Å². The fraction of sp³-hybridized carbons (Fsp3) is 0.705. The van der Waals surface area contributed by atoms with Gasteiger partial charge in [0.1, 0.15) is 19.8 Å². The molecule has 0 aliphatic carbocycles. The van der Waals surface area contributed by atoms with Crippen LogP contribution in [0.2, 0.25) is 0 Å². The lowest BCUT2D eigenvalue weighted by Gasteiger charge is -2.24. The Morgan fingerprint density at radius 1 is 0.451 bits per heavy atom. The minimum atomic E-state index is -4.40. The van der Waals surface area contributed by atoms with E-state index in [-0.39, 0.29) is 32.0 Å². The highest BCUT2D eigenvalue weighted by molar-refractivity contribution is 7.47. The lowest BCUT2D eigenvalue weighted by atomic mass is 10.0. The fourth-order valence-electron chi connectivity index (χ4n) is 7.50. The molecular weight excluding hydrogens is 906 g/mol. The van der Waals surface area contributed by atoms with Crippen LogP contribution in [-0.2, 0) is 32.7 Å². The number of likely N-dealkylation sites (N-methyl/N-ethyl adjacent to an activating group) is 1. The summed E-state index contributed by atoms with van der Waals surface area (Å²) < 4.78 is 34.5. The first-order chi connectivity index (χ1) is 34.5. The lowest BCUT2D eigenvalue weighted by Crippen LogP contribution is -2.37. The van der Waals surface area contributed by atoms with Crippen LogP contribution in [0, 0.1) is 0 Å². The van der Waals surface area contributed by atoms with Gasteiger partial charge in [-0.3, -0.25) is 18.6 Å². The van der Waals surface area contributed by atoms with E-state index in [0.29, 0.717) is 17.4 Å². The number of hydrogen-bond acceptors (Lipinski definition) is 7. The average Bonchev–Trinajstić information content (AvgIpc) is 3.33. The highest BCUT2D eigenvalue weighted by Crippen LogP contribution is 2.43. The number of phosphoric acid groups is 1. The maximum absolute atomic E-state index is 12.8. The normalized spacial score (nSPS) is 14.1. The predicted molar refractivity (Wildman–Crippen MR) is 302 cm³/mol. The number of esters is 2. The zero-order chi connectivity index (χ0) is 52.0. The van der Waals surface area contributed by atoms with Gasteiger partial charge in [-0.05, 0) is 77.0 Å². The highest BCUT2D eigenvalue weighted by Gasteiger charge is 2.27. The van der Waals surface area contributed by atoms with Crippen LogP contribution >= 0.6 is 7.82 Å². The van der Waals surface area contributed by atoms with Crippen molar-refractivity contribution >= 4 is 19.8 Å². The summed E-state index contributed by atoms with van der Waals surface area (Å²) in [6.45, 7) is 4.28. The summed E-state index contributed by atoms with van der Waals surface area (Å²) in [4.78, 5) is 35.6. The van der Waals surface area contributed by atoms with Crippen molar-refractivity contribution < 1.29 is 42.1 Å². The quantitative estimate of drug-likeness (QED) is 0.0211. The van der Waals surface area contributed by atoms with Crippen LogP contribution in [0.5, 0.6) is 0 Å². The number of carbonyl (C=O) groups excluding carboxylic acids is 2. The van der Waals surface area contributed by atoms with Crippen molar-refractivity contribution in [1.29, 1.82) is 0 Å². The lowest BCUT2D eigenvalue weighted by molar-refractivity contribution is -0.870. The van der Waals surface area contributed by atoms with Gasteiger partial charge >= 0.3 is 19.8 Å². The number of unbranched alkanes of at least 4 members (excludes halogenated alkanes) is 21. The Labute approximate surface area is 436 Å². The molecule has 0 fully saturated rings. The molecule has 0 saturated carbocycles. The molecule has 0 spiro atoms. The van der Waals surface area contributed by atoms with Crippen molar-refractivity contribution in [3.8, 4) is 0 Å². The maximum atomic E-state index is 12.8. The molecular formula is C61H107NO8P+. The predicted octanol–water partition coefficient (Wildman–Crippen LogP) is 17.6. The Morgan fingerprint density at radius 3 is 1.20 bits per heavy atom. The van der Waals surface area contributed by atoms with Crippen molar-refractivity contribution in [2.45, 2.75) is 232 Å². The molecule has 0 radical (unpaired) electrons. The molecule has 0 amide bonds. The van der Waals surface area contributed by atoms with Crippen LogP contribution in [0.1, 0.15) is 226 Å². The molecule has 0 bridgehead atoms. The van der Waals surface area contributed by atoms with Gasteiger partial charge in [0.05, 0.1) is 27.7 Å². The molecule has 0 aliphatic rings. The van der Waals surface area contributed by atoms with Gasteiger partial charge in [0.2, 0.25) is 0 Å². The first-order valence-corrected chi connectivity index (χ1v) is 30.0. The number of rotatable bonds is 51. The molecule has 2 unspecified atom stereocenters. The highest BCUT2D eigenvalue weighted by atomic mass is 31.2. The van der Waals surface area contributed by atoms with Gasteiger partial charge in [-0.2, -0.15) is 0 Å². The van der Waals surface area contributed by atoms with E-state index in [9.17, 15) is 19.0 Å². The number of ether oxygens (including phenoxy) is 2. The van der Waals surface area contributed by atoms with E-state index in [4.69, 9.17) is 18.5 Å². The van der Waals surface area contributed by atoms with E-state index in [2.05, 4.69) is 111 Å². The first-order valence-electron chi connectivity index (χ1n) is 28.5. The van der Waals surface area contributed by atoms with Gasteiger partial charge in [-0.25, -0.2) is 4.57 Å². The molecule has 2 atom stereocenters.